The molecule has 0 bridgehead atoms. The Bertz CT molecular complexity index is 737. The lowest BCUT2D eigenvalue weighted by Crippen LogP contribution is -2.43. The fourth-order valence-electron chi connectivity index (χ4n) is 3.09. The van der Waals surface area contributed by atoms with Crippen molar-refractivity contribution >= 4 is 17.6 Å². The fourth-order valence-corrected chi connectivity index (χ4v) is 3.09. The average Bonchev–Trinajstić information content (AvgIpc) is 2.61. The SMILES string of the molecule is C[C@@H](c1nc(N)nc(Nc2ccccc2)n1)N1CCC[C@H](C(F)(F)F)C1. The van der Waals surface area contributed by atoms with Crippen LogP contribution in [0.25, 0.3) is 0 Å². The van der Waals surface area contributed by atoms with Gasteiger partial charge in [0.1, 0.15) is 0 Å². The zero-order chi connectivity index (χ0) is 18.7. The number of nitrogen functional groups attached to an aromatic ring is 1. The number of likely N-dealkylation sites (tertiary alicyclic amines) is 1. The van der Waals surface area contributed by atoms with E-state index in [1.165, 1.54) is 0 Å². The fraction of sp³-hybridized carbons (Fsp3) is 0.471. The minimum absolute atomic E-state index is 0.0321. The van der Waals surface area contributed by atoms with Crippen LogP contribution < -0.4 is 11.1 Å². The molecule has 140 valence electrons. The second-order valence-electron chi connectivity index (χ2n) is 6.42. The zero-order valence-electron chi connectivity index (χ0n) is 14.4. The van der Waals surface area contributed by atoms with Crippen LogP contribution in [0.5, 0.6) is 0 Å². The molecule has 0 radical (unpaired) electrons. The third-order valence-corrected chi connectivity index (χ3v) is 4.54. The molecule has 6 nitrogen and oxygen atoms in total. The average molecular weight is 366 g/mol. The summed E-state index contributed by atoms with van der Waals surface area (Å²) in [6.45, 7) is 2.30. The van der Waals surface area contributed by atoms with Gasteiger partial charge in [-0.3, -0.25) is 4.90 Å². The highest BCUT2D eigenvalue weighted by Gasteiger charge is 2.42. The van der Waals surface area contributed by atoms with E-state index in [2.05, 4.69) is 20.3 Å². The van der Waals surface area contributed by atoms with Crippen molar-refractivity contribution in [3.05, 3.63) is 36.2 Å². The van der Waals surface area contributed by atoms with Gasteiger partial charge in [-0.25, -0.2) is 0 Å². The number of halogens is 3. The van der Waals surface area contributed by atoms with E-state index < -0.39 is 12.1 Å². The lowest BCUT2D eigenvalue weighted by Gasteiger charge is -2.36. The Morgan fingerprint density at radius 2 is 1.92 bits per heavy atom. The molecule has 0 saturated carbocycles. The minimum atomic E-state index is -4.18. The van der Waals surface area contributed by atoms with Gasteiger partial charge >= 0.3 is 6.18 Å². The van der Waals surface area contributed by atoms with E-state index in [1.54, 1.807) is 11.8 Å². The van der Waals surface area contributed by atoms with Crippen molar-refractivity contribution in [1.29, 1.82) is 0 Å². The second kappa shape index (κ2) is 7.45. The molecule has 2 atom stereocenters. The van der Waals surface area contributed by atoms with Gasteiger partial charge in [0.15, 0.2) is 5.82 Å². The number of rotatable bonds is 4. The van der Waals surface area contributed by atoms with E-state index in [4.69, 9.17) is 5.73 Å². The summed E-state index contributed by atoms with van der Waals surface area (Å²) in [6.07, 6.45) is -3.53. The molecular weight excluding hydrogens is 345 g/mol. The van der Waals surface area contributed by atoms with Crippen molar-refractivity contribution in [2.45, 2.75) is 32.0 Å². The topological polar surface area (TPSA) is 80.0 Å². The lowest BCUT2D eigenvalue weighted by atomic mass is 9.96. The van der Waals surface area contributed by atoms with Crippen molar-refractivity contribution in [3.8, 4) is 0 Å². The van der Waals surface area contributed by atoms with Crippen molar-refractivity contribution in [3.63, 3.8) is 0 Å². The monoisotopic (exact) mass is 366 g/mol. The van der Waals surface area contributed by atoms with Gasteiger partial charge in [0, 0.05) is 12.2 Å². The Morgan fingerprint density at radius 1 is 1.19 bits per heavy atom. The van der Waals surface area contributed by atoms with Crippen molar-refractivity contribution in [2.24, 2.45) is 5.92 Å². The third-order valence-electron chi connectivity index (χ3n) is 4.54. The quantitative estimate of drug-likeness (QED) is 0.862. The summed E-state index contributed by atoms with van der Waals surface area (Å²) < 4.78 is 39.2. The molecule has 3 N–H and O–H groups in total. The highest BCUT2D eigenvalue weighted by Crippen LogP contribution is 2.35. The zero-order valence-corrected chi connectivity index (χ0v) is 14.4. The number of nitrogens with one attached hydrogen (secondary N) is 1. The molecule has 1 aromatic heterocycles. The van der Waals surface area contributed by atoms with Crippen LogP contribution >= 0.6 is 0 Å². The maximum absolute atomic E-state index is 13.1. The lowest BCUT2D eigenvalue weighted by molar-refractivity contribution is -0.188. The molecule has 0 aliphatic carbocycles. The second-order valence-corrected chi connectivity index (χ2v) is 6.42. The van der Waals surface area contributed by atoms with E-state index in [-0.39, 0.29) is 30.9 Å². The Hall–Kier alpha value is -2.42. The highest BCUT2D eigenvalue weighted by atomic mass is 19.4. The van der Waals surface area contributed by atoms with Crippen LogP contribution in [0.3, 0.4) is 0 Å². The van der Waals surface area contributed by atoms with E-state index in [1.807, 2.05) is 30.3 Å². The Kier molecular flexibility index (Phi) is 5.26. The number of benzene rings is 1. The van der Waals surface area contributed by atoms with Crippen LogP contribution in [-0.2, 0) is 0 Å². The molecule has 0 unspecified atom stereocenters. The first-order valence-corrected chi connectivity index (χ1v) is 8.47. The van der Waals surface area contributed by atoms with E-state index in [0.29, 0.717) is 18.8 Å². The molecule has 1 aliphatic rings. The number of hydrogen-bond donors (Lipinski definition) is 2. The summed E-state index contributed by atoms with van der Waals surface area (Å²) in [5.74, 6) is -0.654. The first kappa shape index (κ1) is 18.4. The van der Waals surface area contributed by atoms with Crippen LogP contribution in [0.4, 0.5) is 30.8 Å². The number of alkyl halides is 3. The van der Waals surface area contributed by atoms with E-state index in [9.17, 15) is 13.2 Å². The molecule has 1 aliphatic heterocycles. The van der Waals surface area contributed by atoms with Gasteiger partial charge in [-0.05, 0) is 38.4 Å². The summed E-state index contributed by atoms with van der Waals surface area (Å²) in [5.41, 5.74) is 6.56. The number of hydrogen-bond acceptors (Lipinski definition) is 6. The van der Waals surface area contributed by atoms with Gasteiger partial charge in [-0.2, -0.15) is 28.1 Å². The molecule has 1 fully saturated rings. The van der Waals surface area contributed by atoms with Gasteiger partial charge in [0.25, 0.3) is 0 Å². The first-order chi connectivity index (χ1) is 12.3. The third kappa shape index (κ3) is 4.40. The Balaban J connectivity index is 1.77. The van der Waals surface area contributed by atoms with Crippen molar-refractivity contribution in [1.82, 2.24) is 19.9 Å². The number of para-hydroxylation sites is 1. The van der Waals surface area contributed by atoms with E-state index in [0.717, 1.165) is 5.69 Å². The summed E-state index contributed by atoms with van der Waals surface area (Å²) in [5, 5.41) is 3.04. The maximum atomic E-state index is 13.1. The van der Waals surface area contributed by atoms with Crippen LogP contribution in [0.2, 0.25) is 0 Å². The molecule has 1 saturated heterocycles. The molecule has 2 heterocycles. The number of aromatic nitrogens is 3. The van der Waals surface area contributed by atoms with Crippen LogP contribution in [0.1, 0.15) is 31.6 Å². The molecule has 0 spiro atoms. The number of piperidine rings is 1. The van der Waals surface area contributed by atoms with Gasteiger partial charge in [0.05, 0.1) is 12.0 Å². The standard InChI is InChI=1S/C17H21F3N6/c1-11(26-9-5-6-12(10-26)17(18,19)20)14-23-15(21)25-16(24-14)22-13-7-3-2-4-8-13/h2-4,7-8,11-12H,5-6,9-10H2,1H3,(H3,21,22,23,24,25)/t11-,12-/m0/s1. The number of nitrogens with zero attached hydrogens (tertiary/aromatic N) is 4. The molecule has 3 rings (SSSR count). The van der Waals surface area contributed by atoms with Crippen LogP contribution in [0, 0.1) is 5.92 Å². The molecule has 1 aromatic carbocycles. The summed E-state index contributed by atoms with van der Waals surface area (Å²) in [4.78, 5) is 14.3. The molecule has 0 amide bonds. The van der Waals surface area contributed by atoms with Crippen molar-refractivity contribution < 1.29 is 13.2 Å². The molecule has 26 heavy (non-hydrogen) atoms. The van der Waals surface area contributed by atoms with Gasteiger partial charge in [-0.15, -0.1) is 0 Å². The smallest absolute Gasteiger partial charge is 0.368 e. The highest BCUT2D eigenvalue weighted by molar-refractivity contribution is 5.53. The number of nitrogens with two attached hydrogens (primary N) is 1. The minimum Gasteiger partial charge on any atom is -0.368 e. The molecular formula is C17H21F3N6. The van der Waals surface area contributed by atoms with Gasteiger partial charge in [0.2, 0.25) is 11.9 Å². The van der Waals surface area contributed by atoms with Gasteiger partial charge in [-0.1, -0.05) is 18.2 Å². The van der Waals surface area contributed by atoms with E-state index >= 15 is 0 Å². The summed E-state index contributed by atoms with van der Waals surface area (Å²) in [7, 11) is 0. The maximum Gasteiger partial charge on any atom is 0.393 e. The summed E-state index contributed by atoms with van der Waals surface area (Å²) in [6, 6.07) is 8.92. The number of anilines is 3. The Labute approximate surface area is 149 Å². The normalized spacial score (nSPS) is 19.9. The van der Waals surface area contributed by atoms with Crippen LogP contribution in [0.15, 0.2) is 30.3 Å². The predicted molar refractivity (Wildman–Crippen MR) is 92.7 cm³/mol. The molecule has 9 heteroatoms. The summed E-state index contributed by atoms with van der Waals surface area (Å²) >= 11 is 0. The van der Waals surface area contributed by atoms with Crippen molar-refractivity contribution in [2.75, 3.05) is 24.1 Å². The van der Waals surface area contributed by atoms with Gasteiger partial charge < -0.3 is 11.1 Å². The largest absolute Gasteiger partial charge is 0.393 e. The van der Waals surface area contributed by atoms with Crippen LogP contribution in [-0.4, -0.2) is 39.1 Å². The molecule has 2 aromatic rings. The predicted octanol–water partition coefficient (Wildman–Crippen LogP) is 3.53. The first-order valence-electron chi connectivity index (χ1n) is 8.47. The Morgan fingerprint density at radius 3 is 2.62 bits per heavy atom.